The summed E-state index contributed by atoms with van der Waals surface area (Å²) in [6.07, 6.45) is 1.09. The number of carbonyl (C=O) groups excluding carboxylic acids is 1. The minimum Gasteiger partial charge on any atom is -0.356 e. The highest BCUT2D eigenvalue weighted by Crippen LogP contribution is 2.36. The fourth-order valence-corrected chi connectivity index (χ4v) is 5.95. The van der Waals surface area contributed by atoms with E-state index < -0.39 is 0 Å². The maximum Gasteiger partial charge on any atom is 0.250 e. The molecule has 168 valence electrons. The number of thioether (sulfide) groups is 1. The van der Waals surface area contributed by atoms with Crippen molar-refractivity contribution in [2.24, 2.45) is 5.92 Å². The van der Waals surface area contributed by atoms with E-state index in [0.717, 1.165) is 47.4 Å². The molecule has 1 saturated heterocycles. The molecule has 2 aliphatic heterocycles. The lowest BCUT2D eigenvalue weighted by atomic mass is 9.83. The number of thiocarbonyl (C=S) groups is 1. The average molecular weight is 476 g/mol. The molecule has 2 aliphatic rings. The van der Waals surface area contributed by atoms with Crippen molar-refractivity contribution in [2.45, 2.75) is 18.9 Å². The predicted octanol–water partition coefficient (Wildman–Crippen LogP) is 4.65. The number of carbonyl (C=O) groups is 1. The van der Waals surface area contributed by atoms with E-state index in [1.165, 1.54) is 11.8 Å². The first-order valence-corrected chi connectivity index (χ1v) is 12.5. The van der Waals surface area contributed by atoms with Gasteiger partial charge in [-0.25, -0.2) is 0 Å². The molecular formula is C26H25N3O2S2. The molecule has 33 heavy (non-hydrogen) atoms. The maximum atomic E-state index is 13.3. The van der Waals surface area contributed by atoms with E-state index >= 15 is 0 Å². The van der Waals surface area contributed by atoms with Crippen molar-refractivity contribution in [3.05, 3.63) is 94.9 Å². The lowest BCUT2D eigenvalue weighted by Gasteiger charge is -2.43. The first-order chi connectivity index (χ1) is 16.1. The molecule has 0 radical (unpaired) electrons. The van der Waals surface area contributed by atoms with Gasteiger partial charge < -0.3 is 9.47 Å². The Bertz CT molecular complexity index is 1170. The van der Waals surface area contributed by atoms with Crippen LogP contribution in [0.5, 0.6) is 0 Å². The molecule has 1 aromatic heterocycles. The van der Waals surface area contributed by atoms with Crippen LogP contribution in [0.4, 0.5) is 11.4 Å². The summed E-state index contributed by atoms with van der Waals surface area (Å²) < 4.78 is 2.68. The molecule has 0 saturated carbocycles. The number of benzene rings is 2. The van der Waals surface area contributed by atoms with Crippen molar-refractivity contribution < 1.29 is 4.79 Å². The van der Waals surface area contributed by atoms with Crippen LogP contribution in [-0.2, 0) is 11.3 Å². The quantitative estimate of drug-likeness (QED) is 0.514. The Morgan fingerprint density at radius 1 is 0.909 bits per heavy atom. The number of likely N-dealkylation sites (tertiary alicyclic amines) is 1. The van der Waals surface area contributed by atoms with Gasteiger partial charge in [0.1, 0.15) is 4.32 Å². The lowest BCUT2D eigenvalue weighted by molar-refractivity contribution is -0.115. The molecule has 0 spiro atoms. The van der Waals surface area contributed by atoms with Crippen molar-refractivity contribution in [2.75, 3.05) is 23.7 Å². The molecule has 0 unspecified atom stereocenters. The van der Waals surface area contributed by atoms with E-state index in [9.17, 15) is 9.59 Å². The number of pyridine rings is 1. The summed E-state index contributed by atoms with van der Waals surface area (Å²) in [5.74, 6) is 0.959. The fourth-order valence-electron chi connectivity index (χ4n) is 4.92. The number of rotatable bonds is 4. The molecule has 2 aromatic carbocycles. The Labute approximate surface area is 203 Å². The summed E-state index contributed by atoms with van der Waals surface area (Å²) in [5, 5.41) is 0. The summed E-state index contributed by atoms with van der Waals surface area (Å²) in [4.78, 5) is 29.6. The summed E-state index contributed by atoms with van der Waals surface area (Å²) >= 11 is 7.19. The SMILES string of the molecule is O=C(CSC(=S)N1C[C@H]2C[C@H](C1)c1cccc(=O)n1C2)N(c1ccccc1)c1ccccc1. The van der Waals surface area contributed by atoms with Gasteiger partial charge in [0.05, 0.1) is 5.75 Å². The van der Waals surface area contributed by atoms with E-state index in [4.69, 9.17) is 12.2 Å². The number of fused-ring (bicyclic) bond motifs is 4. The van der Waals surface area contributed by atoms with E-state index in [1.54, 1.807) is 11.0 Å². The van der Waals surface area contributed by atoms with Crippen LogP contribution in [0.25, 0.3) is 0 Å². The van der Waals surface area contributed by atoms with Crippen LogP contribution in [0.15, 0.2) is 83.7 Å². The molecule has 5 rings (SSSR count). The fraction of sp³-hybridized carbons (Fsp3) is 0.269. The molecule has 1 amide bonds. The van der Waals surface area contributed by atoms with Crippen LogP contribution in [0.3, 0.4) is 0 Å². The number of piperidine rings is 1. The van der Waals surface area contributed by atoms with Crippen molar-refractivity contribution in [1.29, 1.82) is 0 Å². The van der Waals surface area contributed by atoms with Crippen LogP contribution in [-0.4, -0.2) is 38.5 Å². The van der Waals surface area contributed by atoms with E-state index in [-0.39, 0.29) is 17.2 Å². The number of hydrogen-bond donors (Lipinski definition) is 0. The molecule has 7 heteroatoms. The van der Waals surface area contributed by atoms with Crippen LogP contribution in [0.2, 0.25) is 0 Å². The molecule has 5 nitrogen and oxygen atoms in total. The van der Waals surface area contributed by atoms with Gasteiger partial charge in [-0.2, -0.15) is 0 Å². The third-order valence-electron chi connectivity index (χ3n) is 6.34. The molecule has 0 N–H and O–H groups in total. The van der Waals surface area contributed by atoms with Crippen LogP contribution in [0.1, 0.15) is 18.0 Å². The number of anilines is 2. The highest BCUT2D eigenvalue weighted by molar-refractivity contribution is 8.23. The van der Waals surface area contributed by atoms with Crippen molar-refractivity contribution in [1.82, 2.24) is 9.47 Å². The zero-order valence-corrected chi connectivity index (χ0v) is 19.8. The summed E-state index contributed by atoms with van der Waals surface area (Å²) in [5.41, 5.74) is 2.87. The minimum absolute atomic E-state index is 0.00569. The molecule has 3 aromatic rings. The second-order valence-corrected chi connectivity index (χ2v) is 10.2. The molecule has 0 aliphatic carbocycles. The maximum absolute atomic E-state index is 13.3. The van der Waals surface area contributed by atoms with Crippen LogP contribution >= 0.6 is 24.0 Å². The van der Waals surface area contributed by atoms with Crippen molar-refractivity contribution in [3.63, 3.8) is 0 Å². The minimum atomic E-state index is -0.00569. The number of aromatic nitrogens is 1. The predicted molar refractivity (Wildman–Crippen MR) is 138 cm³/mol. The number of para-hydroxylation sites is 2. The first-order valence-electron chi connectivity index (χ1n) is 11.1. The van der Waals surface area contributed by atoms with Crippen molar-refractivity contribution in [3.8, 4) is 0 Å². The normalized spacial score (nSPS) is 19.0. The summed E-state index contributed by atoms with van der Waals surface area (Å²) in [6.45, 7) is 2.36. The number of nitrogens with zero attached hydrogens (tertiary/aromatic N) is 3. The van der Waals surface area contributed by atoms with Gasteiger partial charge in [-0.15, -0.1) is 0 Å². The van der Waals surface area contributed by atoms with Gasteiger partial charge in [-0.3, -0.25) is 14.5 Å². The zero-order chi connectivity index (χ0) is 22.8. The van der Waals surface area contributed by atoms with Gasteiger partial charge in [0.2, 0.25) is 5.91 Å². The van der Waals surface area contributed by atoms with Gasteiger partial charge >= 0.3 is 0 Å². The van der Waals surface area contributed by atoms with Gasteiger partial charge in [0, 0.05) is 48.7 Å². The van der Waals surface area contributed by atoms with E-state index in [2.05, 4.69) is 11.0 Å². The van der Waals surface area contributed by atoms with E-state index in [1.807, 2.05) is 71.3 Å². The molecular weight excluding hydrogens is 450 g/mol. The Balaban J connectivity index is 1.28. The lowest BCUT2D eigenvalue weighted by Crippen LogP contribution is -2.48. The van der Waals surface area contributed by atoms with Crippen molar-refractivity contribution >= 4 is 45.6 Å². The van der Waals surface area contributed by atoms with Gasteiger partial charge in [-0.1, -0.05) is 66.4 Å². The summed E-state index contributed by atoms with van der Waals surface area (Å²) in [6, 6.07) is 25.0. The Morgan fingerprint density at radius 3 is 2.24 bits per heavy atom. The topological polar surface area (TPSA) is 45.6 Å². The Morgan fingerprint density at radius 2 is 1.58 bits per heavy atom. The number of hydrogen-bond acceptors (Lipinski definition) is 4. The number of amides is 1. The van der Waals surface area contributed by atoms with Gasteiger partial charge in [0.15, 0.2) is 0 Å². The third kappa shape index (κ3) is 4.61. The average Bonchev–Trinajstić information content (AvgIpc) is 2.84. The second-order valence-electron chi connectivity index (χ2n) is 8.56. The van der Waals surface area contributed by atoms with Crippen LogP contribution < -0.4 is 10.5 Å². The second kappa shape index (κ2) is 9.53. The monoisotopic (exact) mass is 475 g/mol. The highest BCUT2D eigenvalue weighted by atomic mass is 32.2. The largest absolute Gasteiger partial charge is 0.356 e. The first kappa shape index (κ1) is 21.9. The van der Waals surface area contributed by atoms with Gasteiger partial charge in [0.25, 0.3) is 5.56 Å². The zero-order valence-electron chi connectivity index (χ0n) is 18.2. The molecule has 3 heterocycles. The Kier molecular flexibility index (Phi) is 6.33. The third-order valence-corrected chi connectivity index (χ3v) is 7.84. The standard InChI is InChI=1S/C26H25N3O2S2/c30-24-13-7-12-23-20-14-19(16-28(23)24)15-27(17-20)26(32)33-18-25(31)29(21-8-3-1-4-9-21)22-10-5-2-6-11-22/h1-13,19-20H,14-18H2/t19-,20-/m1/s1. The van der Waals surface area contributed by atoms with E-state index in [0.29, 0.717) is 11.8 Å². The molecule has 1 fully saturated rings. The highest BCUT2D eigenvalue weighted by Gasteiger charge is 2.35. The van der Waals surface area contributed by atoms with Crippen LogP contribution in [0, 0.1) is 5.92 Å². The smallest absolute Gasteiger partial charge is 0.250 e. The van der Waals surface area contributed by atoms with Gasteiger partial charge in [-0.05, 0) is 42.7 Å². The Hall–Kier alpha value is -2.90. The molecule has 2 bridgehead atoms. The molecule has 2 atom stereocenters. The summed E-state index contributed by atoms with van der Waals surface area (Å²) in [7, 11) is 0.